The van der Waals surface area contributed by atoms with Gasteiger partial charge in [0.15, 0.2) is 5.76 Å². The predicted octanol–water partition coefficient (Wildman–Crippen LogP) is 7.70. The van der Waals surface area contributed by atoms with Gasteiger partial charge in [-0.15, -0.1) is 0 Å². The Morgan fingerprint density at radius 3 is 2.59 bits per heavy atom. The summed E-state index contributed by atoms with van der Waals surface area (Å²) >= 11 is 12.3. The standard InChI is InChI=1S/C35H33Cl2N5O4/c1-22(2)45-29-9-5-7-25(15-29)20-40-13-12-35(18-23(40)3)33(43)41(34(44)42(35)28-8-4-6-24(14-28)19-38)21-27-17-32(46-39-27)26-10-11-30(36)31(37)16-26/h4-11,14-17,22-23H,12-13,18,20-21H2,1-3H3/t23-,35?/m0/s1. The number of benzene rings is 3. The number of hydrogen-bond acceptors (Lipinski definition) is 7. The number of halogens is 2. The summed E-state index contributed by atoms with van der Waals surface area (Å²) in [6, 6.07) is 23.3. The molecule has 2 atom stereocenters. The van der Waals surface area contributed by atoms with Crippen LogP contribution in [0, 0.1) is 11.3 Å². The van der Waals surface area contributed by atoms with Gasteiger partial charge in [-0.1, -0.05) is 46.6 Å². The smallest absolute Gasteiger partial charge is 0.332 e. The molecule has 0 saturated carbocycles. The van der Waals surface area contributed by atoms with Crippen LogP contribution in [0.5, 0.6) is 5.75 Å². The monoisotopic (exact) mass is 657 g/mol. The van der Waals surface area contributed by atoms with Gasteiger partial charge in [-0.2, -0.15) is 5.26 Å². The lowest BCUT2D eigenvalue weighted by Gasteiger charge is -2.45. The van der Waals surface area contributed by atoms with Gasteiger partial charge in [0, 0.05) is 36.4 Å². The maximum Gasteiger partial charge on any atom is 0.332 e. The van der Waals surface area contributed by atoms with E-state index in [4.69, 9.17) is 32.5 Å². The van der Waals surface area contributed by atoms with E-state index in [9.17, 15) is 14.9 Å². The van der Waals surface area contributed by atoms with Crippen molar-refractivity contribution in [3.63, 3.8) is 0 Å². The molecular weight excluding hydrogens is 625 g/mol. The molecule has 1 aromatic heterocycles. The second-order valence-electron chi connectivity index (χ2n) is 12.1. The van der Waals surface area contributed by atoms with Gasteiger partial charge >= 0.3 is 6.03 Å². The Kier molecular flexibility index (Phi) is 8.80. The van der Waals surface area contributed by atoms with Crippen molar-refractivity contribution in [1.29, 1.82) is 5.26 Å². The van der Waals surface area contributed by atoms with Crippen molar-refractivity contribution in [2.45, 2.75) is 64.4 Å². The van der Waals surface area contributed by atoms with Gasteiger partial charge in [0.25, 0.3) is 5.91 Å². The van der Waals surface area contributed by atoms with E-state index >= 15 is 0 Å². The van der Waals surface area contributed by atoms with Crippen molar-refractivity contribution >= 4 is 40.8 Å². The van der Waals surface area contributed by atoms with Gasteiger partial charge in [0.05, 0.1) is 34.3 Å². The Bertz CT molecular complexity index is 1840. The third kappa shape index (κ3) is 6.08. The molecule has 236 valence electrons. The van der Waals surface area contributed by atoms with Crippen LogP contribution < -0.4 is 9.64 Å². The number of nitriles is 1. The second-order valence-corrected chi connectivity index (χ2v) is 12.9. The van der Waals surface area contributed by atoms with Gasteiger partial charge in [-0.3, -0.25) is 19.5 Å². The third-order valence-electron chi connectivity index (χ3n) is 8.54. The van der Waals surface area contributed by atoms with E-state index in [0.717, 1.165) is 11.3 Å². The number of imide groups is 1. The number of amides is 3. The van der Waals surface area contributed by atoms with Crippen LogP contribution in [-0.4, -0.2) is 51.1 Å². The fraction of sp³-hybridized carbons (Fsp3) is 0.314. The molecule has 2 aliphatic rings. The molecule has 11 heteroatoms. The van der Waals surface area contributed by atoms with E-state index in [1.165, 1.54) is 4.90 Å². The lowest BCUT2D eigenvalue weighted by molar-refractivity contribution is -0.133. The number of carbonyl (C=O) groups excluding carboxylic acids is 2. The molecule has 0 N–H and O–H groups in total. The number of urea groups is 1. The summed E-state index contributed by atoms with van der Waals surface area (Å²) in [7, 11) is 0. The molecule has 1 unspecified atom stereocenters. The van der Waals surface area contributed by atoms with Gasteiger partial charge < -0.3 is 9.26 Å². The Morgan fingerprint density at radius 2 is 1.85 bits per heavy atom. The van der Waals surface area contributed by atoms with E-state index in [2.05, 4.69) is 29.1 Å². The van der Waals surface area contributed by atoms with Crippen LogP contribution >= 0.6 is 23.2 Å². The summed E-state index contributed by atoms with van der Waals surface area (Å²) in [6.07, 6.45) is 0.911. The molecule has 2 aliphatic heterocycles. The van der Waals surface area contributed by atoms with E-state index in [1.54, 1.807) is 53.4 Å². The summed E-state index contributed by atoms with van der Waals surface area (Å²) in [6.45, 7) is 7.27. The van der Waals surface area contributed by atoms with Crippen LogP contribution in [0.4, 0.5) is 10.5 Å². The minimum Gasteiger partial charge on any atom is -0.491 e. The number of hydrogen-bond donors (Lipinski definition) is 0. The first-order valence-corrected chi connectivity index (χ1v) is 15.9. The molecule has 0 bridgehead atoms. The summed E-state index contributed by atoms with van der Waals surface area (Å²) in [5.41, 5.74) is 1.98. The maximum atomic E-state index is 14.4. The van der Waals surface area contributed by atoms with Gasteiger partial charge in [0.2, 0.25) is 0 Å². The van der Waals surface area contributed by atoms with Crippen molar-refractivity contribution in [2.75, 3.05) is 11.4 Å². The highest BCUT2D eigenvalue weighted by Gasteiger charge is 2.60. The summed E-state index contributed by atoms with van der Waals surface area (Å²) in [5, 5.41) is 14.5. The Morgan fingerprint density at radius 1 is 1.04 bits per heavy atom. The maximum absolute atomic E-state index is 14.4. The molecule has 46 heavy (non-hydrogen) atoms. The second kappa shape index (κ2) is 12.8. The molecule has 6 rings (SSSR count). The lowest BCUT2D eigenvalue weighted by atomic mass is 9.81. The average molecular weight is 659 g/mol. The molecular formula is C35H33Cl2N5O4. The largest absolute Gasteiger partial charge is 0.491 e. The number of aromatic nitrogens is 1. The number of nitrogens with zero attached hydrogens (tertiary/aromatic N) is 5. The predicted molar refractivity (Wildman–Crippen MR) is 176 cm³/mol. The lowest BCUT2D eigenvalue weighted by Crippen LogP contribution is -2.59. The molecule has 4 aromatic rings. The number of likely N-dealkylation sites (tertiary alicyclic amines) is 1. The highest BCUT2D eigenvalue weighted by atomic mass is 35.5. The number of carbonyl (C=O) groups is 2. The van der Waals surface area contributed by atoms with Crippen molar-refractivity contribution in [2.24, 2.45) is 0 Å². The average Bonchev–Trinajstić information content (AvgIpc) is 3.57. The first-order chi connectivity index (χ1) is 22.1. The highest BCUT2D eigenvalue weighted by Crippen LogP contribution is 2.43. The van der Waals surface area contributed by atoms with Crippen LogP contribution in [0.3, 0.4) is 0 Å². The summed E-state index contributed by atoms with van der Waals surface area (Å²) in [5.74, 6) is 0.961. The van der Waals surface area contributed by atoms with Gasteiger partial charge in [-0.25, -0.2) is 4.79 Å². The molecule has 1 spiro atoms. The SMILES string of the molecule is CC(C)Oc1cccc(CN2CCC3(C[C@@H]2C)C(=O)N(Cc2cc(-c4ccc(Cl)c(Cl)c4)on2)C(=O)N3c2cccc(C#N)c2)c1. The van der Waals surface area contributed by atoms with E-state index in [-0.39, 0.29) is 24.6 Å². The highest BCUT2D eigenvalue weighted by molar-refractivity contribution is 6.42. The number of ether oxygens (including phenoxy) is 1. The van der Waals surface area contributed by atoms with Crippen LogP contribution in [-0.2, 0) is 17.9 Å². The molecule has 3 heterocycles. The Labute approximate surface area is 277 Å². The topological polar surface area (TPSA) is 103 Å². The molecule has 0 radical (unpaired) electrons. The van der Waals surface area contributed by atoms with Crippen molar-refractivity contribution in [3.05, 3.63) is 99.7 Å². The number of anilines is 1. The van der Waals surface area contributed by atoms with Crippen molar-refractivity contribution in [3.8, 4) is 23.1 Å². The third-order valence-corrected chi connectivity index (χ3v) is 9.27. The first kappa shape index (κ1) is 31.6. The van der Waals surface area contributed by atoms with E-state index in [0.29, 0.717) is 64.2 Å². The minimum atomic E-state index is -1.13. The van der Waals surface area contributed by atoms with E-state index < -0.39 is 11.6 Å². The van der Waals surface area contributed by atoms with Crippen LogP contribution in [0.1, 0.15) is 50.4 Å². The molecule has 9 nitrogen and oxygen atoms in total. The van der Waals surface area contributed by atoms with Gasteiger partial charge in [-0.05, 0) is 87.7 Å². The molecule has 2 fully saturated rings. The molecule has 2 saturated heterocycles. The fourth-order valence-electron chi connectivity index (χ4n) is 6.41. The van der Waals surface area contributed by atoms with Crippen LogP contribution in [0.25, 0.3) is 11.3 Å². The zero-order valence-corrected chi connectivity index (χ0v) is 27.3. The molecule has 3 aromatic carbocycles. The summed E-state index contributed by atoms with van der Waals surface area (Å²) < 4.78 is 11.4. The van der Waals surface area contributed by atoms with Crippen molar-refractivity contribution in [1.82, 2.24) is 15.0 Å². The van der Waals surface area contributed by atoms with Crippen molar-refractivity contribution < 1.29 is 18.8 Å². The Hall–Kier alpha value is -4.36. The number of piperidine rings is 1. The summed E-state index contributed by atoms with van der Waals surface area (Å²) in [4.78, 5) is 33.8. The van der Waals surface area contributed by atoms with Crippen LogP contribution in [0.15, 0.2) is 77.3 Å². The van der Waals surface area contributed by atoms with Gasteiger partial charge in [0.1, 0.15) is 17.0 Å². The Balaban J connectivity index is 1.28. The number of rotatable bonds is 8. The molecule has 3 amide bonds. The van der Waals surface area contributed by atoms with Crippen LogP contribution in [0.2, 0.25) is 10.0 Å². The fourth-order valence-corrected chi connectivity index (χ4v) is 6.71. The first-order valence-electron chi connectivity index (χ1n) is 15.1. The zero-order valence-electron chi connectivity index (χ0n) is 25.7. The minimum absolute atomic E-state index is 0.0323. The quantitative estimate of drug-likeness (QED) is 0.179. The molecule has 0 aliphatic carbocycles. The van der Waals surface area contributed by atoms with E-state index in [1.807, 2.05) is 32.0 Å². The zero-order chi connectivity index (χ0) is 32.6. The normalized spacial score (nSPS) is 20.2.